The van der Waals surface area contributed by atoms with E-state index >= 15 is 0 Å². The number of amides is 1. The molecule has 0 aliphatic carbocycles. The van der Waals surface area contributed by atoms with Crippen molar-refractivity contribution in [1.29, 1.82) is 0 Å². The van der Waals surface area contributed by atoms with Gasteiger partial charge >= 0.3 is 0 Å². The van der Waals surface area contributed by atoms with Gasteiger partial charge in [-0.2, -0.15) is 0 Å². The number of carbonyl (C=O) groups is 1. The Morgan fingerprint density at radius 1 is 1.16 bits per heavy atom. The molecule has 0 fully saturated rings. The van der Waals surface area contributed by atoms with Gasteiger partial charge in [0.25, 0.3) is 5.91 Å². The predicted octanol–water partition coefficient (Wildman–Crippen LogP) is 4.47. The van der Waals surface area contributed by atoms with E-state index in [9.17, 15) is 4.79 Å². The molecule has 0 aromatic heterocycles. The Bertz CT molecular complexity index is 614. The van der Waals surface area contributed by atoms with Gasteiger partial charge in [-0.1, -0.05) is 28.1 Å². The molecule has 0 atom stereocenters. The molecule has 1 amide bonds. The Hall–Kier alpha value is -1.33. The zero-order valence-corrected chi connectivity index (χ0v) is 13.3. The van der Waals surface area contributed by atoms with Crippen LogP contribution in [0.5, 0.6) is 5.75 Å². The van der Waals surface area contributed by atoms with Crippen molar-refractivity contribution in [3.8, 4) is 5.75 Å². The number of para-hydroxylation sites is 2. The zero-order chi connectivity index (χ0) is 13.8. The molecule has 1 N–H and O–H groups in total. The highest BCUT2D eigenvalue weighted by atomic mass is 79.9. The highest BCUT2D eigenvalue weighted by Crippen LogP contribution is 2.26. The van der Waals surface area contributed by atoms with E-state index in [4.69, 9.17) is 4.74 Å². The van der Waals surface area contributed by atoms with Crippen molar-refractivity contribution in [2.75, 3.05) is 12.4 Å². The zero-order valence-electron chi connectivity index (χ0n) is 10.1. The average Bonchev–Trinajstić information content (AvgIpc) is 2.39. The first-order chi connectivity index (χ1) is 9.11. The number of carbonyl (C=O) groups excluding carboxylic acids is 1. The predicted molar refractivity (Wildman–Crippen MR) is 82.8 cm³/mol. The van der Waals surface area contributed by atoms with Crippen molar-refractivity contribution in [2.24, 2.45) is 0 Å². The topological polar surface area (TPSA) is 38.3 Å². The van der Waals surface area contributed by atoms with E-state index in [0.29, 0.717) is 17.0 Å². The summed E-state index contributed by atoms with van der Waals surface area (Å²) in [6.07, 6.45) is 0. The van der Waals surface area contributed by atoms with Gasteiger partial charge < -0.3 is 10.1 Å². The third-order valence-electron chi connectivity index (χ3n) is 2.53. The van der Waals surface area contributed by atoms with Crippen LogP contribution in [0.15, 0.2) is 51.4 Å². The lowest BCUT2D eigenvalue weighted by atomic mass is 10.2. The second kappa shape index (κ2) is 6.21. The third-order valence-corrected chi connectivity index (χ3v) is 3.68. The summed E-state index contributed by atoms with van der Waals surface area (Å²) in [5.74, 6) is 0.438. The molecule has 0 aliphatic heterocycles. The first-order valence-corrected chi connectivity index (χ1v) is 7.10. The number of ether oxygens (including phenoxy) is 1. The molecule has 2 aromatic rings. The highest BCUT2D eigenvalue weighted by molar-refractivity contribution is 9.11. The SMILES string of the molecule is COc1ccccc1NC(=O)c1ccc(Br)cc1Br. The Balaban J connectivity index is 2.26. The van der Waals surface area contributed by atoms with Crippen LogP contribution in [0.25, 0.3) is 0 Å². The molecule has 0 aliphatic rings. The Labute approximate surface area is 128 Å². The van der Waals surface area contributed by atoms with Crippen molar-refractivity contribution in [2.45, 2.75) is 0 Å². The largest absolute Gasteiger partial charge is 0.495 e. The lowest BCUT2D eigenvalue weighted by Gasteiger charge is -2.10. The summed E-state index contributed by atoms with van der Waals surface area (Å²) >= 11 is 6.73. The first-order valence-electron chi connectivity index (χ1n) is 5.51. The molecular weight excluding hydrogens is 374 g/mol. The Kier molecular flexibility index (Phi) is 4.61. The fourth-order valence-electron chi connectivity index (χ4n) is 1.61. The first kappa shape index (κ1) is 14.1. The van der Waals surface area contributed by atoms with Crippen molar-refractivity contribution in [1.82, 2.24) is 0 Å². The summed E-state index contributed by atoms with van der Waals surface area (Å²) in [5, 5.41) is 2.83. The minimum absolute atomic E-state index is 0.191. The van der Waals surface area contributed by atoms with Crippen LogP contribution in [-0.4, -0.2) is 13.0 Å². The van der Waals surface area contributed by atoms with Crippen LogP contribution < -0.4 is 10.1 Å². The number of hydrogen-bond donors (Lipinski definition) is 1. The molecule has 0 radical (unpaired) electrons. The summed E-state index contributed by atoms with van der Waals surface area (Å²) in [6, 6.07) is 12.7. The fourth-order valence-corrected chi connectivity index (χ4v) is 2.84. The quantitative estimate of drug-likeness (QED) is 0.847. The van der Waals surface area contributed by atoms with Crippen LogP contribution in [0.1, 0.15) is 10.4 Å². The molecule has 0 heterocycles. The number of halogens is 2. The minimum atomic E-state index is -0.191. The van der Waals surface area contributed by atoms with Crippen LogP contribution in [-0.2, 0) is 0 Å². The number of methoxy groups -OCH3 is 1. The van der Waals surface area contributed by atoms with Crippen molar-refractivity contribution >= 4 is 43.5 Å². The average molecular weight is 385 g/mol. The number of anilines is 1. The lowest BCUT2D eigenvalue weighted by Crippen LogP contribution is -2.13. The maximum atomic E-state index is 12.2. The van der Waals surface area contributed by atoms with Gasteiger partial charge in [0.05, 0.1) is 18.4 Å². The van der Waals surface area contributed by atoms with Crippen molar-refractivity contribution in [3.05, 3.63) is 57.0 Å². The van der Waals surface area contributed by atoms with Gasteiger partial charge in [0.1, 0.15) is 5.75 Å². The molecular formula is C14H11Br2NO2. The fraction of sp³-hybridized carbons (Fsp3) is 0.0714. The van der Waals surface area contributed by atoms with Gasteiger partial charge in [-0.15, -0.1) is 0 Å². The molecule has 2 aromatic carbocycles. The molecule has 2 rings (SSSR count). The van der Waals surface area contributed by atoms with Gasteiger partial charge in [-0.3, -0.25) is 4.79 Å². The minimum Gasteiger partial charge on any atom is -0.495 e. The summed E-state index contributed by atoms with van der Waals surface area (Å²) in [5.41, 5.74) is 1.21. The van der Waals surface area contributed by atoms with Crippen LogP contribution in [0.2, 0.25) is 0 Å². The summed E-state index contributed by atoms with van der Waals surface area (Å²) < 4.78 is 6.84. The number of hydrogen-bond acceptors (Lipinski definition) is 2. The smallest absolute Gasteiger partial charge is 0.256 e. The van der Waals surface area contributed by atoms with Gasteiger partial charge in [0.2, 0.25) is 0 Å². The van der Waals surface area contributed by atoms with Crippen LogP contribution in [0, 0.1) is 0 Å². The normalized spacial score (nSPS) is 10.1. The van der Waals surface area contributed by atoms with E-state index in [0.717, 1.165) is 8.95 Å². The maximum Gasteiger partial charge on any atom is 0.256 e. The van der Waals surface area contributed by atoms with Gasteiger partial charge in [0, 0.05) is 8.95 Å². The van der Waals surface area contributed by atoms with Crippen LogP contribution in [0.4, 0.5) is 5.69 Å². The van der Waals surface area contributed by atoms with Crippen molar-refractivity contribution < 1.29 is 9.53 Å². The van der Waals surface area contributed by atoms with E-state index in [1.165, 1.54) is 0 Å². The lowest BCUT2D eigenvalue weighted by molar-refractivity contribution is 0.102. The van der Waals surface area contributed by atoms with Crippen molar-refractivity contribution in [3.63, 3.8) is 0 Å². The van der Waals surface area contributed by atoms with E-state index in [1.54, 1.807) is 25.3 Å². The van der Waals surface area contributed by atoms with Crippen LogP contribution in [0.3, 0.4) is 0 Å². The second-order valence-corrected chi connectivity index (χ2v) is 5.55. The Morgan fingerprint density at radius 2 is 1.89 bits per heavy atom. The molecule has 0 spiro atoms. The standard InChI is InChI=1S/C14H11Br2NO2/c1-19-13-5-3-2-4-12(13)17-14(18)10-7-6-9(15)8-11(10)16/h2-8H,1H3,(H,17,18). The molecule has 0 saturated heterocycles. The highest BCUT2D eigenvalue weighted by Gasteiger charge is 2.12. The summed E-state index contributed by atoms with van der Waals surface area (Å²) in [7, 11) is 1.57. The molecule has 3 nitrogen and oxygen atoms in total. The maximum absolute atomic E-state index is 12.2. The monoisotopic (exact) mass is 383 g/mol. The third kappa shape index (κ3) is 3.36. The second-order valence-electron chi connectivity index (χ2n) is 3.78. The van der Waals surface area contributed by atoms with E-state index in [-0.39, 0.29) is 5.91 Å². The van der Waals surface area contributed by atoms with E-state index < -0.39 is 0 Å². The Morgan fingerprint density at radius 3 is 2.58 bits per heavy atom. The van der Waals surface area contributed by atoms with Crippen LogP contribution >= 0.6 is 31.9 Å². The summed E-state index contributed by atoms with van der Waals surface area (Å²) in [4.78, 5) is 12.2. The number of benzene rings is 2. The molecule has 0 saturated carbocycles. The molecule has 98 valence electrons. The molecule has 19 heavy (non-hydrogen) atoms. The van der Waals surface area contributed by atoms with E-state index in [2.05, 4.69) is 37.2 Å². The summed E-state index contributed by atoms with van der Waals surface area (Å²) in [6.45, 7) is 0. The van der Waals surface area contributed by atoms with Gasteiger partial charge in [-0.25, -0.2) is 0 Å². The molecule has 0 bridgehead atoms. The van der Waals surface area contributed by atoms with Gasteiger partial charge in [-0.05, 0) is 46.3 Å². The molecule has 0 unspecified atom stereocenters. The van der Waals surface area contributed by atoms with E-state index in [1.807, 2.05) is 24.3 Å². The van der Waals surface area contributed by atoms with Gasteiger partial charge in [0.15, 0.2) is 0 Å². The molecule has 5 heteroatoms. The number of nitrogens with one attached hydrogen (secondary N) is 1. The number of rotatable bonds is 3.